The van der Waals surface area contributed by atoms with Crippen molar-refractivity contribution < 1.29 is 14.3 Å². The molecule has 0 saturated heterocycles. The molecular formula is C14H17N3O3. The molecule has 0 aliphatic rings. The maximum atomic E-state index is 11.6. The molecule has 0 aliphatic heterocycles. The molecule has 1 aromatic carbocycles. The summed E-state index contributed by atoms with van der Waals surface area (Å²) in [4.78, 5) is 22.5. The standard InChI is InChI=1S/C14H17N3O3/c1-10-4-3-5-11-8-16-17(14(10)11)7-6-12(18)15-9-13(19)20-2/h3-5,8H,6-7,9H2,1-2H3,(H,15,18). The van der Waals surface area contributed by atoms with E-state index in [0.717, 1.165) is 16.5 Å². The Balaban J connectivity index is 1.96. The third kappa shape index (κ3) is 3.14. The number of aromatic nitrogens is 2. The van der Waals surface area contributed by atoms with Crippen LogP contribution in [-0.4, -0.2) is 35.3 Å². The van der Waals surface area contributed by atoms with Crippen molar-refractivity contribution in [3.63, 3.8) is 0 Å². The number of rotatable bonds is 5. The summed E-state index contributed by atoms with van der Waals surface area (Å²) in [5.41, 5.74) is 2.16. The Morgan fingerprint density at radius 1 is 1.40 bits per heavy atom. The van der Waals surface area contributed by atoms with Gasteiger partial charge < -0.3 is 10.1 Å². The first kappa shape index (κ1) is 14.0. The zero-order chi connectivity index (χ0) is 14.5. The molecule has 0 atom stereocenters. The summed E-state index contributed by atoms with van der Waals surface area (Å²) in [7, 11) is 1.28. The largest absolute Gasteiger partial charge is 0.468 e. The number of methoxy groups -OCH3 is 1. The lowest BCUT2D eigenvalue weighted by molar-refractivity contribution is -0.141. The van der Waals surface area contributed by atoms with Crippen LogP contribution >= 0.6 is 0 Å². The summed E-state index contributed by atoms with van der Waals surface area (Å²) in [5.74, 6) is -0.661. The molecule has 0 saturated carbocycles. The molecule has 2 aromatic rings. The molecule has 2 rings (SSSR count). The van der Waals surface area contributed by atoms with Gasteiger partial charge in [-0.2, -0.15) is 5.10 Å². The summed E-state index contributed by atoms with van der Waals surface area (Å²) < 4.78 is 6.26. The van der Waals surface area contributed by atoms with Crippen molar-refractivity contribution in [2.24, 2.45) is 0 Å². The van der Waals surface area contributed by atoms with Gasteiger partial charge in [0.2, 0.25) is 5.91 Å². The van der Waals surface area contributed by atoms with Gasteiger partial charge in [0.05, 0.1) is 25.4 Å². The minimum Gasteiger partial charge on any atom is -0.468 e. The third-order valence-electron chi connectivity index (χ3n) is 3.07. The second kappa shape index (κ2) is 6.18. The van der Waals surface area contributed by atoms with Crippen LogP contribution in [-0.2, 0) is 20.9 Å². The molecule has 1 heterocycles. The van der Waals surface area contributed by atoms with E-state index in [4.69, 9.17) is 0 Å². The van der Waals surface area contributed by atoms with Crippen LogP contribution in [0, 0.1) is 6.92 Å². The second-order valence-electron chi connectivity index (χ2n) is 4.48. The van der Waals surface area contributed by atoms with Crippen LogP contribution in [0.1, 0.15) is 12.0 Å². The lowest BCUT2D eigenvalue weighted by Gasteiger charge is -2.06. The highest BCUT2D eigenvalue weighted by atomic mass is 16.5. The zero-order valence-corrected chi connectivity index (χ0v) is 11.5. The topological polar surface area (TPSA) is 73.2 Å². The van der Waals surface area contributed by atoms with Crippen LogP contribution in [0.25, 0.3) is 10.9 Å². The van der Waals surface area contributed by atoms with Gasteiger partial charge in [0.25, 0.3) is 0 Å². The first-order valence-corrected chi connectivity index (χ1v) is 6.36. The van der Waals surface area contributed by atoms with Crippen molar-refractivity contribution >= 4 is 22.8 Å². The van der Waals surface area contributed by atoms with Crippen LogP contribution in [0.2, 0.25) is 0 Å². The van der Waals surface area contributed by atoms with E-state index in [1.54, 1.807) is 6.20 Å². The molecule has 106 valence electrons. The Bertz CT molecular complexity index is 634. The predicted molar refractivity (Wildman–Crippen MR) is 74.1 cm³/mol. The van der Waals surface area contributed by atoms with Crippen molar-refractivity contribution in [1.29, 1.82) is 0 Å². The van der Waals surface area contributed by atoms with Gasteiger partial charge in [-0.3, -0.25) is 14.3 Å². The summed E-state index contributed by atoms with van der Waals surface area (Å²) in [6.45, 7) is 2.38. The number of para-hydroxylation sites is 1. The predicted octanol–water partition coefficient (Wildman–Crippen LogP) is 1.02. The van der Waals surface area contributed by atoms with Crippen molar-refractivity contribution in [3.05, 3.63) is 30.0 Å². The smallest absolute Gasteiger partial charge is 0.325 e. The number of carbonyl (C=O) groups excluding carboxylic acids is 2. The average molecular weight is 275 g/mol. The number of ether oxygens (including phenoxy) is 1. The van der Waals surface area contributed by atoms with Gasteiger partial charge in [0.15, 0.2) is 0 Å². The minimum atomic E-state index is -0.460. The molecule has 0 spiro atoms. The van der Waals surface area contributed by atoms with E-state index in [9.17, 15) is 9.59 Å². The Morgan fingerprint density at radius 3 is 2.95 bits per heavy atom. The van der Waals surface area contributed by atoms with Crippen molar-refractivity contribution in [2.45, 2.75) is 19.9 Å². The molecule has 0 fully saturated rings. The quantitative estimate of drug-likeness (QED) is 0.827. The molecule has 1 aromatic heterocycles. The molecule has 0 bridgehead atoms. The molecule has 0 radical (unpaired) electrons. The van der Waals surface area contributed by atoms with Gasteiger partial charge in [0.1, 0.15) is 6.54 Å². The number of fused-ring (bicyclic) bond motifs is 1. The maximum absolute atomic E-state index is 11.6. The molecule has 6 nitrogen and oxygen atoms in total. The number of hydrogen-bond acceptors (Lipinski definition) is 4. The fourth-order valence-electron chi connectivity index (χ4n) is 2.04. The van der Waals surface area contributed by atoms with Crippen molar-refractivity contribution in [2.75, 3.05) is 13.7 Å². The Morgan fingerprint density at radius 2 is 2.20 bits per heavy atom. The lowest BCUT2D eigenvalue weighted by atomic mass is 10.2. The first-order chi connectivity index (χ1) is 9.61. The van der Waals surface area contributed by atoms with E-state index in [1.165, 1.54) is 7.11 Å². The molecule has 1 amide bonds. The second-order valence-corrected chi connectivity index (χ2v) is 4.48. The Labute approximate surface area is 116 Å². The van der Waals surface area contributed by atoms with Gasteiger partial charge >= 0.3 is 5.97 Å². The third-order valence-corrected chi connectivity index (χ3v) is 3.07. The molecule has 20 heavy (non-hydrogen) atoms. The SMILES string of the molecule is COC(=O)CNC(=O)CCn1ncc2cccc(C)c21. The number of esters is 1. The molecule has 0 aliphatic carbocycles. The maximum Gasteiger partial charge on any atom is 0.325 e. The van der Waals surface area contributed by atoms with Gasteiger partial charge in [-0.1, -0.05) is 18.2 Å². The van der Waals surface area contributed by atoms with Crippen LogP contribution < -0.4 is 5.32 Å². The highest BCUT2D eigenvalue weighted by molar-refractivity contribution is 5.83. The average Bonchev–Trinajstić information content (AvgIpc) is 2.87. The number of aryl methyl sites for hydroxylation is 2. The summed E-state index contributed by atoms with van der Waals surface area (Å²) in [5, 5.41) is 7.84. The Hall–Kier alpha value is -2.37. The van der Waals surface area contributed by atoms with E-state index in [1.807, 2.05) is 29.8 Å². The first-order valence-electron chi connectivity index (χ1n) is 6.36. The summed E-state index contributed by atoms with van der Waals surface area (Å²) >= 11 is 0. The van der Waals surface area contributed by atoms with E-state index < -0.39 is 5.97 Å². The number of nitrogens with one attached hydrogen (secondary N) is 1. The van der Waals surface area contributed by atoms with Crippen LogP contribution in [0.4, 0.5) is 0 Å². The monoisotopic (exact) mass is 275 g/mol. The van der Waals surface area contributed by atoms with Crippen molar-refractivity contribution in [3.8, 4) is 0 Å². The van der Waals surface area contributed by atoms with Gasteiger partial charge in [-0.15, -0.1) is 0 Å². The summed E-state index contributed by atoms with van der Waals surface area (Å²) in [6.07, 6.45) is 2.05. The van der Waals surface area contributed by atoms with Crippen LogP contribution in [0.15, 0.2) is 24.4 Å². The number of nitrogens with zero attached hydrogens (tertiary/aromatic N) is 2. The fourth-order valence-corrected chi connectivity index (χ4v) is 2.04. The molecule has 6 heteroatoms. The van der Waals surface area contributed by atoms with Crippen LogP contribution in [0.3, 0.4) is 0 Å². The highest BCUT2D eigenvalue weighted by Crippen LogP contribution is 2.17. The van der Waals surface area contributed by atoms with Gasteiger partial charge in [0, 0.05) is 11.8 Å². The number of hydrogen-bond donors (Lipinski definition) is 1. The lowest BCUT2D eigenvalue weighted by Crippen LogP contribution is -2.30. The molecular weight excluding hydrogens is 258 g/mol. The van der Waals surface area contributed by atoms with E-state index in [0.29, 0.717) is 6.54 Å². The van der Waals surface area contributed by atoms with E-state index in [-0.39, 0.29) is 18.9 Å². The van der Waals surface area contributed by atoms with Crippen molar-refractivity contribution in [1.82, 2.24) is 15.1 Å². The van der Waals surface area contributed by atoms with E-state index >= 15 is 0 Å². The number of benzene rings is 1. The number of amides is 1. The Kier molecular flexibility index (Phi) is 4.34. The molecule has 0 unspecified atom stereocenters. The highest BCUT2D eigenvalue weighted by Gasteiger charge is 2.08. The minimum absolute atomic E-state index is 0.103. The summed E-state index contributed by atoms with van der Waals surface area (Å²) in [6, 6.07) is 5.98. The fraction of sp³-hybridized carbons (Fsp3) is 0.357. The van der Waals surface area contributed by atoms with Gasteiger partial charge in [-0.25, -0.2) is 0 Å². The van der Waals surface area contributed by atoms with Crippen LogP contribution in [0.5, 0.6) is 0 Å². The number of carbonyl (C=O) groups is 2. The zero-order valence-electron chi connectivity index (χ0n) is 11.5. The normalized spacial score (nSPS) is 10.5. The van der Waals surface area contributed by atoms with Gasteiger partial charge in [-0.05, 0) is 12.5 Å². The van der Waals surface area contributed by atoms with E-state index in [2.05, 4.69) is 15.2 Å². The molecule has 1 N–H and O–H groups in total.